The molecule has 0 atom stereocenters. The van der Waals surface area contributed by atoms with E-state index in [4.69, 9.17) is 5.26 Å². The van der Waals surface area contributed by atoms with E-state index in [-0.39, 0.29) is 0 Å². The second-order valence-electron chi connectivity index (χ2n) is 4.49. The van der Waals surface area contributed by atoms with Crippen LogP contribution in [0.4, 0.5) is 5.69 Å². The van der Waals surface area contributed by atoms with E-state index < -0.39 is 11.5 Å². The largest absolute Gasteiger partial charge is 0.480 e. The van der Waals surface area contributed by atoms with Gasteiger partial charge in [-0.2, -0.15) is 5.26 Å². The van der Waals surface area contributed by atoms with Gasteiger partial charge in [0.1, 0.15) is 11.6 Å². The highest BCUT2D eigenvalue weighted by atomic mass is 79.9. The molecule has 2 N–H and O–H groups in total. The number of benzene rings is 1. The van der Waals surface area contributed by atoms with Crippen LogP contribution in [0.5, 0.6) is 0 Å². The number of nitriles is 1. The van der Waals surface area contributed by atoms with E-state index >= 15 is 0 Å². The first-order valence-corrected chi connectivity index (χ1v) is 6.58. The Bertz CT molecular complexity index is 516. The van der Waals surface area contributed by atoms with Crippen LogP contribution in [-0.4, -0.2) is 16.6 Å². The van der Waals surface area contributed by atoms with Crippen LogP contribution < -0.4 is 5.32 Å². The predicted octanol–water partition coefficient (Wildman–Crippen LogP) is 3.13. The summed E-state index contributed by atoms with van der Waals surface area (Å²) in [4.78, 5) is 11.5. The molecule has 2 rings (SSSR count). The molecule has 1 aliphatic carbocycles. The van der Waals surface area contributed by atoms with Gasteiger partial charge in [0.15, 0.2) is 0 Å². The molecule has 0 aliphatic heterocycles. The SMILES string of the molecule is N#Cc1c(Br)cccc1NC1(C(=O)O)CCCC1. The van der Waals surface area contributed by atoms with Gasteiger partial charge in [-0.15, -0.1) is 0 Å². The van der Waals surface area contributed by atoms with Crippen molar-refractivity contribution in [3.05, 3.63) is 28.2 Å². The molecule has 0 bridgehead atoms. The van der Waals surface area contributed by atoms with E-state index in [0.717, 1.165) is 12.8 Å². The monoisotopic (exact) mass is 308 g/mol. The Morgan fingerprint density at radius 1 is 1.44 bits per heavy atom. The summed E-state index contributed by atoms with van der Waals surface area (Å²) in [5.74, 6) is -0.844. The van der Waals surface area contributed by atoms with E-state index in [1.807, 2.05) is 0 Å². The molecule has 0 spiro atoms. The first-order valence-electron chi connectivity index (χ1n) is 5.79. The van der Waals surface area contributed by atoms with E-state index in [9.17, 15) is 9.90 Å². The van der Waals surface area contributed by atoms with Crippen molar-refractivity contribution in [2.75, 3.05) is 5.32 Å². The van der Waals surface area contributed by atoms with Crippen molar-refractivity contribution >= 4 is 27.6 Å². The minimum Gasteiger partial charge on any atom is -0.480 e. The molecule has 0 heterocycles. The summed E-state index contributed by atoms with van der Waals surface area (Å²) in [6, 6.07) is 7.39. The van der Waals surface area contributed by atoms with Crippen LogP contribution >= 0.6 is 15.9 Å². The number of halogens is 1. The van der Waals surface area contributed by atoms with Crippen LogP contribution in [0.25, 0.3) is 0 Å². The predicted molar refractivity (Wildman–Crippen MR) is 71.3 cm³/mol. The van der Waals surface area contributed by atoms with Crippen molar-refractivity contribution < 1.29 is 9.90 Å². The highest BCUT2D eigenvalue weighted by Crippen LogP contribution is 2.35. The normalized spacial score (nSPS) is 17.1. The molecular weight excluding hydrogens is 296 g/mol. The smallest absolute Gasteiger partial charge is 0.329 e. The highest BCUT2D eigenvalue weighted by Gasteiger charge is 2.41. The van der Waals surface area contributed by atoms with E-state index in [0.29, 0.717) is 28.6 Å². The number of rotatable bonds is 3. The fourth-order valence-corrected chi connectivity index (χ4v) is 2.83. The minimum absolute atomic E-state index is 0.449. The quantitative estimate of drug-likeness (QED) is 0.899. The first kappa shape index (κ1) is 12.9. The minimum atomic E-state index is -0.924. The van der Waals surface area contributed by atoms with Gasteiger partial charge in [-0.3, -0.25) is 0 Å². The second kappa shape index (κ2) is 4.99. The van der Waals surface area contributed by atoms with Crippen LogP contribution in [0.15, 0.2) is 22.7 Å². The van der Waals surface area contributed by atoms with Gasteiger partial charge in [-0.05, 0) is 40.9 Å². The van der Waals surface area contributed by atoms with Crippen LogP contribution in [0.2, 0.25) is 0 Å². The molecule has 1 saturated carbocycles. The molecule has 18 heavy (non-hydrogen) atoms. The van der Waals surface area contributed by atoms with Crippen LogP contribution in [0.1, 0.15) is 31.2 Å². The first-order chi connectivity index (χ1) is 8.59. The second-order valence-corrected chi connectivity index (χ2v) is 5.35. The molecule has 1 aliphatic rings. The Morgan fingerprint density at radius 3 is 2.67 bits per heavy atom. The van der Waals surface area contributed by atoms with Gasteiger partial charge >= 0.3 is 5.97 Å². The molecule has 0 amide bonds. The Kier molecular flexibility index (Phi) is 3.58. The van der Waals surface area contributed by atoms with Gasteiger partial charge in [-0.25, -0.2) is 4.79 Å². The topological polar surface area (TPSA) is 73.1 Å². The molecule has 1 aromatic carbocycles. The zero-order valence-corrected chi connectivity index (χ0v) is 11.3. The fraction of sp³-hybridized carbons (Fsp3) is 0.385. The van der Waals surface area contributed by atoms with Crippen LogP contribution in [-0.2, 0) is 4.79 Å². The summed E-state index contributed by atoms with van der Waals surface area (Å²) in [5.41, 5.74) is 0.105. The summed E-state index contributed by atoms with van der Waals surface area (Å²) in [5, 5.41) is 21.6. The molecular formula is C13H13BrN2O2. The van der Waals surface area contributed by atoms with E-state index in [1.165, 1.54) is 0 Å². The summed E-state index contributed by atoms with van der Waals surface area (Å²) >= 11 is 3.30. The van der Waals surface area contributed by atoms with Crippen molar-refractivity contribution in [3.63, 3.8) is 0 Å². The molecule has 0 unspecified atom stereocenters. The van der Waals surface area contributed by atoms with Crippen molar-refractivity contribution in [3.8, 4) is 6.07 Å². The summed E-state index contributed by atoms with van der Waals surface area (Å²) < 4.78 is 0.675. The van der Waals surface area contributed by atoms with Gasteiger partial charge in [0, 0.05) is 4.47 Å². The zero-order chi connectivity index (χ0) is 13.2. The number of carbonyl (C=O) groups is 1. The Balaban J connectivity index is 2.37. The number of aliphatic carboxylic acids is 1. The summed E-state index contributed by atoms with van der Waals surface area (Å²) in [6.07, 6.45) is 2.99. The molecule has 1 fully saturated rings. The summed E-state index contributed by atoms with van der Waals surface area (Å²) in [7, 11) is 0. The van der Waals surface area contributed by atoms with E-state index in [1.54, 1.807) is 18.2 Å². The third kappa shape index (κ3) is 2.21. The van der Waals surface area contributed by atoms with Crippen molar-refractivity contribution in [2.45, 2.75) is 31.2 Å². The average Bonchev–Trinajstić information content (AvgIpc) is 2.79. The maximum atomic E-state index is 11.5. The van der Waals surface area contributed by atoms with Gasteiger partial charge in [0.2, 0.25) is 0 Å². The van der Waals surface area contributed by atoms with E-state index in [2.05, 4.69) is 27.3 Å². The van der Waals surface area contributed by atoms with Crippen molar-refractivity contribution in [1.82, 2.24) is 0 Å². The number of nitrogens with zero attached hydrogens (tertiary/aromatic N) is 1. The third-order valence-electron chi connectivity index (χ3n) is 3.37. The Morgan fingerprint density at radius 2 is 2.11 bits per heavy atom. The van der Waals surface area contributed by atoms with Gasteiger partial charge in [0.05, 0.1) is 11.3 Å². The summed E-state index contributed by atoms with van der Waals surface area (Å²) in [6.45, 7) is 0. The van der Waals surface area contributed by atoms with Gasteiger partial charge < -0.3 is 10.4 Å². The molecule has 1 aromatic rings. The molecule has 0 saturated heterocycles. The molecule has 0 radical (unpaired) electrons. The molecule has 5 heteroatoms. The van der Waals surface area contributed by atoms with Gasteiger partial charge in [0.25, 0.3) is 0 Å². The number of nitrogens with one attached hydrogen (secondary N) is 1. The lowest BCUT2D eigenvalue weighted by atomic mass is 9.96. The van der Waals surface area contributed by atoms with Crippen LogP contribution in [0, 0.1) is 11.3 Å². The van der Waals surface area contributed by atoms with Gasteiger partial charge in [-0.1, -0.05) is 18.9 Å². The van der Waals surface area contributed by atoms with Crippen molar-refractivity contribution in [2.24, 2.45) is 0 Å². The lowest BCUT2D eigenvalue weighted by molar-refractivity contribution is -0.142. The van der Waals surface area contributed by atoms with Crippen LogP contribution in [0.3, 0.4) is 0 Å². The average molecular weight is 309 g/mol. The Labute approximate surface area is 114 Å². The lowest BCUT2D eigenvalue weighted by Crippen LogP contribution is -2.43. The number of carboxylic acid groups (broad SMARTS) is 1. The molecule has 0 aromatic heterocycles. The maximum absolute atomic E-state index is 11.5. The highest BCUT2D eigenvalue weighted by molar-refractivity contribution is 9.10. The number of anilines is 1. The van der Waals surface area contributed by atoms with Crippen molar-refractivity contribution in [1.29, 1.82) is 5.26 Å². The zero-order valence-electron chi connectivity index (χ0n) is 9.74. The maximum Gasteiger partial charge on any atom is 0.329 e. The standard InChI is InChI=1S/C13H13BrN2O2/c14-10-4-3-5-11(9(10)8-15)16-13(12(17)18)6-1-2-7-13/h3-5,16H,1-2,6-7H2,(H,17,18). The third-order valence-corrected chi connectivity index (χ3v) is 4.03. The number of carboxylic acids is 1. The lowest BCUT2D eigenvalue weighted by Gasteiger charge is -2.27. The fourth-order valence-electron chi connectivity index (χ4n) is 2.37. The number of hydrogen-bond donors (Lipinski definition) is 2. The number of hydrogen-bond acceptors (Lipinski definition) is 3. The molecule has 4 nitrogen and oxygen atoms in total. The Hall–Kier alpha value is -1.54. The molecule has 94 valence electrons.